The monoisotopic (exact) mass is 292 g/mol. The summed E-state index contributed by atoms with van der Waals surface area (Å²) in [4.78, 5) is 18.0. The Hall–Kier alpha value is -1.65. The highest BCUT2D eigenvalue weighted by Crippen LogP contribution is 2.29. The molecule has 0 radical (unpaired) electrons. The highest BCUT2D eigenvalue weighted by molar-refractivity contribution is 7.09. The lowest BCUT2D eigenvalue weighted by atomic mass is 10.2. The van der Waals surface area contributed by atoms with Crippen molar-refractivity contribution in [1.82, 2.24) is 4.98 Å². The number of alkyl halides is 1. The van der Waals surface area contributed by atoms with E-state index in [4.69, 9.17) is 11.6 Å². The molecule has 0 N–H and O–H groups in total. The fourth-order valence-electron chi connectivity index (χ4n) is 1.81. The molecule has 1 unspecified atom stereocenters. The van der Waals surface area contributed by atoms with Crippen molar-refractivity contribution in [3.8, 4) is 0 Å². The molecule has 0 fully saturated rings. The number of hydrogen-bond donors (Lipinski definition) is 0. The number of amides is 1. The zero-order valence-electron chi connectivity index (χ0n) is 10.2. The van der Waals surface area contributed by atoms with Gasteiger partial charge in [0, 0.05) is 17.3 Å². The largest absolute Gasteiger partial charge is 0.298 e. The third-order valence-electron chi connectivity index (χ3n) is 2.62. The smallest absolute Gasteiger partial charge is 0.242 e. The van der Waals surface area contributed by atoms with Crippen LogP contribution in [0.5, 0.6) is 0 Å². The van der Waals surface area contributed by atoms with E-state index in [1.165, 1.54) is 11.3 Å². The van der Waals surface area contributed by atoms with Crippen molar-refractivity contribution in [3.63, 3.8) is 0 Å². The number of aromatic nitrogens is 1. The first-order valence-electron chi connectivity index (χ1n) is 5.73. The number of thiazole rings is 1. The molecule has 1 aromatic carbocycles. The van der Waals surface area contributed by atoms with Crippen molar-refractivity contribution in [2.24, 2.45) is 0 Å². The van der Waals surface area contributed by atoms with Gasteiger partial charge in [-0.15, -0.1) is 29.5 Å². The molecule has 1 atom stereocenters. The molecule has 0 saturated heterocycles. The molecular formula is C14H13ClN2OS. The van der Waals surface area contributed by atoms with Gasteiger partial charge >= 0.3 is 0 Å². The first-order valence-corrected chi connectivity index (χ1v) is 7.14. The van der Waals surface area contributed by atoms with Gasteiger partial charge in [0.15, 0.2) is 0 Å². The summed E-state index contributed by atoms with van der Waals surface area (Å²) in [6.07, 6.45) is 3.42. The lowest BCUT2D eigenvalue weighted by molar-refractivity contribution is -0.116. The van der Waals surface area contributed by atoms with Crippen molar-refractivity contribution >= 4 is 34.5 Å². The lowest BCUT2D eigenvalue weighted by Gasteiger charge is -2.28. The van der Waals surface area contributed by atoms with Crippen LogP contribution in [0.25, 0.3) is 0 Å². The molecule has 0 aliphatic rings. The summed E-state index contributed by atoms with van der Waals surface area (Å²) in [5, 5.41) is 2.69. The number of carbonyl (C=O) groups excluding carboxylic acids is 1. The number of benzene rings is 1. The minimum Gasteiger partial charge on any atom is -0.298 e. The summed E-state index contributed by atoms with van der Waals surface area (Å²) in [5.74, 6) is -0.252. The van der Waals surface area contributed by atoms with Crippen LogP contribution in [0.3, 0.4) is 0 Å². The summed E-state index contributed by atoms with van der Waals surface area (Å²) in [7, 11) is 0. The highest BCUT2D eigenvalue weighted by Gasteiger charge is 2.25. The third kappa shape index (κ3) is 3.03. The predicted molar refractivity (Wildman–Crippen MR) is 79.7 cm³/mol. The first-order chi connectivity index (χ1) is 9.27. The molecule has 0 aliphatic carbocycles. The second kappa shape index (κ2) is 6.50. The maximum Gasteiger partial charge on any atom is 0.242 e. The number of nitrogens with zero attached hydrogens (tertiary/aromatic N) is 2. The molecule has 0 aliphatic heterocycles. The van der Waals surface area contributed by atoms with E-state index in [9.17, 15) is 4.79 Å². The van der Waals surface area contributed by atoms with E-state index in [0.717, 1.165) is 10.7 Å². The second-order valence-corrected chi connectivity index (χ2v) is 4.98. The van der Waals surface area contributed by atoms with Gasteiger partial charge in [-0.3, -0.25) is 9.69 Å². The molecule has 98 valence electrons. The van der Waals surface area contributed by atoms with Crippen LogP contribution in [0.1, 0.15) is 11.0 Å². The normalized spacial score (nSPS) is 11.8. The number of para-hydroxylation sites is 1. The van der Waals surface area contributed by atoms with Gasteiger partial charge < -0.3 is 0 Å². The van der Waals surface area contributed by atoms with Crippen LogP contribution >= 0.6 is 22.9 Å². The Morgan fingerprint density at radius 3 is 2.74 bits per heavy atom. The zero-order chi connectivity index (χ0) is 13.7. The van der Waals surface area contributed by atoms with Gasteiger partial charge in [0.25, 0.3) is 0 Å². The molecule has 1 amide bonds. The van der Waals surface area contributed by atoms with Gasteiger partial charge in [0.1, 0.15) is 16.9 Å². The zero-order valence-corrected chi connectivity index (χ0v) is 11.8. The Kier molecular flexibility index (Phi) is 4.71. The Morgan fingerprint density at radius 1 is 1.47 bits per heavy atom. The molecule has 2 rings (SSSR count). The van der Waals surface area contributed by atoms with Crippen molar-refractivity contribution in [2.45, 2.75) is 6.04 Å². The molecule has 1 heterocycles. The minimum atomic E-state index is -0.298. The van der Waals surface area contributed by atoms with E-state index in [0.29, 0.717) is 0 Å². The molecule has 0 bridgehead atoms. The summed E-state index contributed by atoms with van der Waals surface area (Å²) in [6.45, 7) is 3.81. The molecule has 3 nitrogen and oxygen atoms in total. The van der Waals surface area contributed by atoms with Crippen molar-refractivity contribution < 1.29 is 4.79 Å². The average Bonchev–Trinajstić information content (AvgIpc) is 2.98. The SMILES string of the molecule is C=CC(c1nccs1)N(C(=O)CCl)c1ccccc1. The van der Waals surface area contributed by atoms with Crippen LogP contribution in [0.15, 0.2) is 54.6 Å². The summed E-state index contributed by atoms with van der Waals surface area (Å²) in [6, 6.07) is 9.11. The van der Waals surface area contributed by atoms with Crippen LogP contribution in [-0.4, -0.2) is 16.8 Å². The summed E-state index contributed by atoms with van der Waals surface area (Å²) < 4.78 is 0. The van der Waals surface area contributed by atoms with Crippen molar-refractivity contribution in [3.05, 3.63) is 59.6 Å². The van der Waals surface area contributed by atoms with E-state index in [1.54, 1.807) is 17.2 Å². The number of anilines is 1. The molecular weight excluding hydrogens is 280 g/mol. The predicted octanol–water partition coefficient (Wildman–Crippen LogP) is 3.64. The van der Waals surface area contributed by atoms with Gasteiger partial charge in [-0.2, -0.15) is 0 Å². The molecule has 5 heteroatoms. The molecule has 2 aromatic rings. The van der Waals surface area contributed by atoms with Crippen molar-refractivity contribution in [2.75, 3.05) is 10.8 Å². The molecule has 0 spiro atoms. The number of carbonyl (C=O) groups is 1. The summed E-state index contributed by atoms with van der Waals surface area (Å²) >= 11 is 7.20. The Bertz CT molecular complexity index is 542. The molecule has 19 heavy (non-hydrogen) atoms. The van der Waals surface area contributed by atoms with Crippen LogP contribution < -0.4 is 4.90 Å². The molecule has 1 aromatic heterocycles. The average molecular weight is 293 g/mol. The fraction of sp³-hybridized carbons (Fsp3) is 0.143. The maximum absolute atomic E-state index is 12.1. The summed E-state index contributed by atoms with van der Waals surface area (Å²) in [5.41, 5.74) is 0.785. The second-order valence-electron chi connectivity index (χ2n) is 3.78. The van der Waals surface area contributed by atoms with Crippen LogP contribution in [-0.2, 0) is 4.79 Å². The van der Waals surface area contributed by atoms with Gasteiger partial charge in [-0.25, -0.2) is 4.98 Å². The van der Waals surface area contributed by atoms with Gasteiger partial charge in [0.2, 0.25) is 5.91 Å². The van der Waals surface area contributed by atoms with Crippen molar-refractivity contribution in [1.29, 1.82) is 0 Å². The van der Waals surface area contributed by atoms with Crippen LogP contribution in [0, 0.1) is 0 Å². The van der Waals surface area contributed by atoms with E-state index in [2.05, 4.69) is 11.6 Å². The minimum absolute atomic E-state index is 0.0788. The Morgan fingerprint density at radius 2 is 2.21 bits per heavy atom. The Balaban J connectivity index is 2.43. The number of rotatable bonds is 5. The van der Waals surface area contributed by atoms with Crippen LogP contribution in [0.4, 0.5) is 5.69 Å². The highest BCUT2D eigenvalue weighted by atomic mass is 35.5. The third-order valence-corrected chi connectivity index (χ3v) is 3.70. The fourth-order valence-corrected chi connectivity index (χ4v) is 2.66. The van der Waals surface area contributed by atoms with Gasteiger partial charge in [0.05, 0.1) is 0 Å². The van der Waals surface area contributed by atoms with Gasteiger partial charge in [-0.05, 0) is 12.1 Å². The van der Waals surface area contributed by atoms with E-state index >= 15 is 0 Å². The standard InChI is InChI=1S/C14H13ClN2OS/c1-2-12(14-16-8-9-19-14)17(13(18)10-15)11-6-4-3-5-7-11/h2-9,12H,1,10H2. The number of hydrogen-bond acceptors (Lipinski definition) is 3. The first kappa shape index (κ1) is 13.8. The maximum atomic E-state index is 12.1. The van der Waals surface area contributed by atoms with E-state index < -0.39 is 0 Å². The van der Waals surface area contributed by atoms with E-state index in [1.807, 2.05) is 35.7 Å². The van der Waals surface area contributed by atoms with Crippen LogP contribution in [0.2, 0.25) is 0 Å². The quantitative estimate of drug-likeness (QED) is 0.623. The Labute approximate surface area is 121 Å². The number of halogens is 1. The van der Waals surface area contributed by atoms with Gasteiger partial charge in [-0.1, -0.05) is 24.3 Å². The topological polar surface area (TPSA) is 33.2 Å². The lowest BCUT2D eigenvalue weighted by Crippen LogP contribution is -2.34. The molecule has 0 saturated carbocycles. The van der Waals surface area contributed by atoms with E-state index in [-0.39, 0.29) is 17.8 Å².